The van der Waals surface area contributed by atoms with Gasteiger partial charge in [-0.3, -0.25) is 0 Å². The van der Waals surface area contributed by atoms with Crippen molar-refractivity contribution in [1.82, 2.24) is 19.6 Å². The number of hydrogen-bond donors (Lipinski definition) is 0. The van der Waals surface area contributed by atoms with E-state index >= 15 is 0 Å². The molecule has 3 heterocycles. The molecule has 5 rings (SSSR count). The molecule has 1 unspecified atom stereocenters. The van der Waals surface area contributed by atoms with Crippen LogP contribution < -0.4 is 4.74 Å². The summed E-state index contributed by atoms with van der Waals surface area (Å²) in [4.78, 5) is 3.43. The predicted molar refractivity (Wildman–Crippen MR) is 157 cm³/mol. The van der Waals surface area contributed by atoms with Crippen LogP contribution in [-0.4, -0.2) is 32.7 Å². The van der Waals surface area contributed by atoms with Gasteiger partial charge >= 0.3 is 0 Å². The molecule has 2 aromatic carbocycles. The highest BCUT2D eigenvalue weighted by atomic mass is 16.5. The van der Waals surface area contributed by atoms with Crippen molar-refractivity contribution in [3.05, 3.63) is 101 Å². The van der Waals surface area contributed by atoms with Crippen molar-refractivity contribution in [2.24, 2.45) is 0 Å². The van der Waals surface area contributed by atoms with Gasteiger partial charge in [-0.25, -0.2) is 4.68 Å². The number of allylic oxidation sites excluding steroid dienone is 2. The van der Waals surface area contributed by atoms with Gasteiger partial charge in [0, 0.05) is 40.8 Å². The van der Waals surface area contributed by atoms with E-state index in [1.54, 1.807) is 6.20 Å². The molecular formula is C33H40N4O. The van der Waals surface area contributed by atoms with Crippen LogP contribution in [0.5, 0.6) is 11.5 Å². The van der Waals surface area contributed by atoms with Crippen LogP contribution in [0.25, 0.3) is 11.4 Å². The summed E-state index contributed by atoms with van der Waals surface area (Å²) >= 11 is 0. The first kappa shape index (κ1) is 22.3. The number of ether oxygens (including phenoxy) is 1. The molecule has 0 fully saturated rings. The Morgan fingerprint density at radius 3 is 2.16 bits per heavy atom. The number of aryl methyl sites for hydroxylation is 2. The highest BCUT2D eigenvalue weighted by molar-refractivity contribution is 5.70. The van der Waals surface area contributed by atoms with Crippen LogP contribution >= 0.6 is 0 Å². The Hall–Kier alpha value is -3.73. The Labute approximate surface area is 231 Å². The minimum atomic E-state index is -2.27. The van der Waals surface area contributed by atoms with Crippen LogP contribution in [0.15, 0.2) is 73.1 Å². The van der Waals surface area contributed by atoms with Gasteiger partial charge in [-0.05, 0) is 84.4 Å². The monoisotopic (exact) mass is 511 g/mol. The lowest BCUT2D eigenvalue weighted by Gasteiger charge is -2.30. The van der Waals surface area contributed by atoms with Gasteiger partial charge in [-0.1, -0.05) is 47.6 Å². The third-order valence-corrected chi connectivity index (χ3v) is 7.07. The first-order valence-electron chi connectivity index (χ1n) is 14.7. The summed E-state index contributed by atoms with van der Waals surface area (Å²) in [5.41, 5.74) is 6.66. The first-order valence-corrected chi connectivity index (χ1v) is 13.2. The van der Waals surface area contributed by atoms with Gasteiger partial charge in [-0.2, -0.15) is 5.10 Å². The zero-order valence-corrected chi connectivity index (χ0v) is 23.7. The molecule has 0 radical (unpaired) electrons. The molecule has 0 amide bonds. The summed E-state index contributed by atoms with van der Waals surface area (Å²) in [5.74, 6) is 1.42. The van der Waals surface area contributed by atoms with Gasteiger partial charge in [-0.15, -0.1) is 0 Å². The summed E-state index contributed by atoms with van der Waals surface area (Å²) in [5, 5.41) is 4.72. The van der Waals surface area contributed by atoms with Crippen molar-refractivity contribution < 1.29 is 8.85 Å². The largest absolute Gasteiger partial charge is 0.457 e. The Morgan fingerprint density at radius 1 is 0.842 bits per heavy atom. The molecule has 2 aliphatic rings. The standard InChI is InChI=1S/C33H40N4O/c1-22-14-23(2)37(34-22)27-17-26(33(6,7)8)19-29(20-27)38-28-16-24(15-25(18-28)32(3,4)5)30-21-35(9)31-12-10-11-13-36(30)31/h10-21,31H,1-9H3/i9D3. The molecule has 1 atom stereocenters. The highest BCUT2D eigenvalue weighted by Gasteiger charge is 2.29. The van der Waals surface area contributed by atoms with E-state index in [1.165, 1.54) is 4.90 Å². The lowest BCUT2D eigenvalue weighted by atomic mass is 9.85. The van der Waals surface area contributed by atoms with Crippen molar-refractivity contribution in [2.45, 2.75) is 72.4 Å². The average Bonchev–Trinajstić information content (AvgIpc) is 3.42. The van der Waals surface area contributed by atoms with Crippen LogP contribution in [0.1, 0.15) is 73.7 Å². The Balaban J connectivity index is 1.62. The molecule has 3 aromatic rings. The molecule has 2 aliphatic heterocycles. The molecular weight excluding hydrogens is 468 g/mol. The summed E-state index contributed by atoms with van der Waals surface area (Å²) < 4.78 is 32.9. The van der Waals surface area contributed by atoms with Crippen molar-refractivity contribution in [3.63, 3.8) is 0 Å². The molecule has 0 saturated heterocycles. The number of aromatic nitrogens is 2. The molecule has 0 N–H and O–H groups in total. The summed E-state index contributed by atoms with van der Waals surface area (Å²) in [6, 6.07) is 14.6. The van der Waals surface area contributed by atoms with Gasteiger partial charge in [0.05, 0.1) is 17.1 Å². The lowest BCUT2D eigenvalue weighted by molar-refractivity contribution is 0.282. The summed E-state index contributed by atoms with van der Waals surface area (Å²) in [7, 11) is 0. The predicted octanol–water partition coefficient (Wildman–Crippen LogP) is 7.83. The van der Waals surface area contributed by atoms with Gasteiger partial charge < -0.3 is 14.5 Å². The van der Waals surface area contributed by atoms with E-state index < -0.39 is 13.1 Å². The van der Waals surface area contributed by atoms with Crippen molar-refractivity contribution in [3.8, 4) is 17.2 Å². The molecule has 0 saturated carbocycles. The lowest BCUT2D eigenvalue weighted by Crippen LogP contribution is -2.33. The maximum absolute atomic E-state index is 8.11. The van der Waals surface area contributed by atoms with Crippen LogP contribution in [0, 0.1) is 13.8 Å². The summed E-state index contributed by atoms with van der Waals surface area (Å²) in [6.07, 6.45) is 8.98. The fourth-order valence-corrected chi connectivity index (χ4v) is 4.90. The normalized spacial score (nSPS) is 18.7. The third-order valence-electron chi connectivity index (χ3n) is 7.07. The van der Waals surface area contributed by atoms with Crippen molar-refractivity contribution >= 4 is 5.70 Å². The smallest absolute Gasteiger partial charge is 0.129 e. The molecule has 38 heavy (non-hydrogen) atoms. The minimum Gasteiger partial charge on any atom is -0.457 e. The van der Waals surface area contributed by atoms with E-state index in [9.17, 15) is 0 Å². The second kappa shape index (κ2) is 9.23. The van der Waals surface area contributed by atoms with Gasteiger partial charge in [0.2, 0.25) is 0 Å². The van der Waals surface area contributed by atoms with E-state index in [-0.39, 0.29) is 10.8 Å². The number of likely N-dealkylation sites (N-methyl/N-ethyl adjacent to an activating group) is 1. The highest BCUT2D eigenvalue weighted by Crippen LogP contribution is 2.38. The summed E-state index contributed by atoms with van der Waals surface area (Å²) in [6.45, 7) is 14.9. The van der Waals surface area contributed by atoms with Crippen molar-refractivity contribution in [1.29, 1.82) is 0 Å². The quantitative estimate of drug-likeness (QED) is 0.357. The zero-order chi connectivity index (χ0) is 29.9. The zero-order valence-electron chi connectivity index (χ0n) is 26.7. The number of hydrogen-bond acceptors (Lipinski definition) is 4. The molecule has 5 heteroatoms. The molecule has 1 aromatic heterocycles. The van der Waals surface area contributed by atoms with E-state index in [1.807, 2.05) is 53.1 Å². The van der Waals surface area contributed by atoms with E-state index in [2.05, 4.69) is 78.8 Å². The number of benzene rings is 2. The van der Waals surface area contributed by atoms with E-state index in [4.69, 9.17) is 13.9 Å². The number of nitrogens with zero attached hydrogens (tertiary/aromatic N) is 4. The first-order chi connectivity index (χ1) is 19.0. The van der Waals surface area contributed by atoms with Gasteiger partial charge in [0.1, 0.15) is 17.7 Å². The van der Waals surface area contributed by atoms with E-state index in [0.29, 0.717) is 5.75 Å². The number of rotatable bonds is 4. The fraction of sp³-hybridized carbons (Fsp3) is 0.364. The van der Waals surface area contributed by atoms with Gasteiger partial charge in [0.15, 0.2) is 0 Å². The van der Waals surface area contributed by atoms with E-state index in [0.717, 1.165) is 45.2 Å². The molecule has 0 aliphatic carbocycles. The van der Waals surface area contributed by atoms with Crippen molar-refractivity contribution in [2.75, 3.05) is 6.98 Å². The Kier molecular flexibility index (Phi) is 5.41. The SMILES string of the molecule is [2H]C([2H])([2H])N1C=C(c2cc(Oc3cc(-n4nc(C)cc4C)cc(C(C)(C)C)c3)cc(C(C)(C)C)c2)N2C=CC=CC21. The molecule has 0 bridgehead atoms. The Morgan fingerprint density at radius 2 is 1.53 bits per heavy atom. The minimum absolute atomic E-state index is 0.0981. The Bertz CT molecular complexity index is 1560. The van der Waals surface area contributed by atoms with Crippen LogP contribution in [0.4, 0.5) is 0 Å². The van der Waals surface area contributed by atoms with Crippen LogP contribution in [-0.2, 0) is 10.8 Å². The topological polar surface area (TPSA) is 33.5 Å². The van der Waals surface area contributed by atoms with Gasteiger partial charge in [0.25, 0.3) is 0 Å². The molecule has 0 spiro atoms. The second-order valence-electron chi connectivity index (χ2n) is 12.4. The second-order valence-corrected chi connectivity index (χ2v) is 12.4. The average molecular weight is 512 g/mol. The number of fused-ring (bicyclic) bond motifs is 1. The molecule has 5 nitrogen and oxygen atoms in total. The van der Waals surface area contributed by atoms with Crippen LogP contribution in [0.3, 0.4) is 0 Å². The fourth-order valence-electron chi connectivity index (χ4n) is 4.90. The van der Waals surface area contributed by atoms with Crippen LogP contribution in [0.2, 0.25) is 0 Å². The third kappa shape index (κ3) is 5.02. The maximum atomic E-state index is 8.11. The maximum Gasteiger partial charge on any atom is 0.129 e. The molecule has 198 valence electrons.